The molecule has 0 spiro atoms. The van der Waals surface area contributed by atoms with E-state index in [9.17, 15) is 0 Å². The molecule has 3 atom stereocenters. The summed E-state index contributed by atoms with van der Waals surface area (Å²) in [7, 11) is 2.27. The molecule has 100 valence electrons. The van der Waals surface area contributed by atoms with Crippen LogP contribution in [-0.2, 0) is 0 Å². The summed E-state index contributed by atoms with van der Waals surface area (Å²) in [6.45, 7) is 10.0. The fourth-order valence-corrected chi connectivity index (χ4v) is 4.22. The minimum atomic E-state index is 0.899. The lowest BCUT2D eigenvalue weighted by Gasteiger charge is -2.42. The highest BCUT2D eigenvalue weighted by Crippen LogP contribution is 2.43. The molecule has 1 saturated heterocycles. The van der Waals surface area contributed by atoms with Gasteiger partial charge < -0.3 is 4.90 Å². The van der Waals surface area contributed by atoms with E-state index in [1.165, 1.54) is 45.2 Å². The van der Waals surface area contributed by atoms with Crippen molar-refractivity contribution in [2.45, 2.75) is 52.9 Å². The van der Waals surface area contributed by atoms with Crippen molar-refractivity contribution < 1.29 is 0 Å². The van der Waals surface area contributed by atoms with Crippen LogP contribution >= 0.6 is 0 Å². The van der Waals surface area contributed by atoms with Gasteiger partial charge in [0.2, 0.25) is 0 Å². The first kappa shape index (κ1) is 13.4. The van der Waals surface area contributed by atoms with Gasteiger partial charge in [-0.05, 0) is 81.8 Å². The van der Waals surface area contributed by atoms with Crippen LogP contribution in [-0.4, -0.2) is 25.0 Å². The fraction of sp³-hybridized carbons (Fsp3) is 1.00. The molecule has 0 amide bonds. The highest BCUT2D eigenvalue weighted by Gasteiger charge is 2.34. The van der Waals surface area contributed by atoms with Crippen molar-refractivity contribution in [3.8, 4) is 0 Å². The van der Waals surface area contributed by atoms with E-state index in [1.54, 1.807) is 0 Å². The normalized spacial score (nSPS) is 37.6. The van der Waals surface area contributed by atoms with Crippen LogP contribution in [0.3, 0.4) is 0 Å². The molecule has 3 unspecified atom stereocenters. The first-order valence-electron chi connectivity index (χ1n) is 7.76. The summed E-state index contributed by atoms with van der Waals surface area (Å²) in [6.07, 6.45) is 7.42. The van der Waals surface area contributed by atoms with E-state index in [0.717, 1.165) is 29.6 Å². The van der Waals surface area contributed by atoms with Crippen molar-refractivity contribution >= 4 is 0 Å². The van der Waals surface area contributed by atoms with Gasteiger partial charge in [0, 0.05) is 0 Å². The number of hydrogen-bond donors (Lipinski definition) is 0. The summed E-state index contributed by atoms with van der Waals surface area (Å²) in [4.78, 5) is 2.50. The van der Waals surface area contributed by atoms with Crippen LogP contribution < -0.4 is 0 Å². The maximum absolute atomic E-state index is 2.53. The minimum absolute atomic E-state index is 0.899. The fourth-order valence-electron chi connectivity index (χ4n) is 4.22. The van der Waals surface area contributed by atoms with Crippen molar-refractivity contribution in [3.63, 3.8) is 0 Å². The molecule has 1 saturated carbocycles. The molecule has 0 N–H and O–H groups in total. The largest absolute Gasteiger partial charge is 0.306 e. The zero-order chi connectivity index (χ0) is 12.4. The monoisotopic (exact) mass is 237 g/mol. The Morgan fingerprint density at radius 2 is 1.65 bits per heavy atom. The molecule has 2 fully saturated rings. The van der Waals surface area contributed by atoms with Gasteiger partial charge in [-0.25, -0.2) is 0 Å². The molecule has 2 aliphatic rings. The van der Waals surface area contributed by atoms with Crippen molar-refractivity contribution in [1.82, 2.24) is 4.90 Å². The Hall–Kier alpha value is -0.0400. The molecule has 0 bridgehead atoms. The van der Waals surface area contributed by atoms with Gasteiger partial charge in [-0.15, -0.1) is 0 Å². The summed E-state index contributed by atoms with van der Waals surface area (Å²) >= 11 is 0. The Labute approximate surface area is 108 Å². The van der Waals surface area contributed by atoms with Crippen LogP contribution in [0.1, 0.15) is 52.9 Å². The van der Waals surface area contributed by atoms with E-state index in [-0.39, 0.29) is 0 Å². The molecule has 1 heteroatoms. The summed E-state index contributed by atoms with van der Waals surface area (Å²) in [5, 5.41) is 0. The van der Waals surface area contributed by atoms with E-state index >= 15 is 0 Å². The molecule has 1 nitrogen and oxygen atoms in total. The van der Waals surface area contributed by atoms with Gasteiger partial charge in [-0.2, -0.15) is 0 Å². The Morgan fingerprint density at radius 1 is 1.00 bits per heavy atom. The third-order valence-corrected chi connectivity index (χ3v) is 5.59. The van der Waals surface area contributed by atoms with Gasteiger partial charge >= 0.3 is 0 Å². The molecule has 0 aromatic heterocycles. The lowest BCUT2D eigenvalue weighted by Crippen LogP contribution is -2.37. The molecule has 1 aliphatic carbocycles. The SMILES string of the molecule is CC(C)C1CCC(C2CCN(C)CC2)C(C)C1. The van der Waals surface area contributed by atoms with Crippen molar-refractivity contribution in [3.05, 3.63) is 0 Å². The lowest BCUT2D eigenvalue weighted by molar-refractivity contribution is 0.0757. The third-order valence-electron chi connectivity index (χ3n) is 5.59. The highest BCUT2D eigenvalue weighted by molar-refractivity contribution is 4.85. The van der Waals surface area contributed by atoms with Gasteiger partial charge in [0.15, 0.2) is 0 Å². The number of likely N-dealkylation sites (tertiary alicyclic amines) is 1. The van der Waals surface area contributed by atoms with Crippen LogP contribution in [0, 0.1) is 29.6 Å². The molecule has 0 aromatic carbocycles. The van der Waals surface area contributed by atoms with Gasteiger partial charge in [0.05, 0.1) is 0 Å². The van der Waals surface area contributed by atoms with Crippen molar-refractivity contribution in [1.29, 1.82) is 0 Å². The van der Waals surface area contributed by atoms with E-state index in [4.69, 9.17) is 0 Å². The Morgan fingerprint density at radius 3 is 2.18 bits per heavy atom. The van der Waals surface area contributed by atoms with Gasteiger partial charge in [-0.3, -0.25) is 0 Å². The van der Waals surface area contributed by atoms with Gasteiger partial charge in [0.1, 0.15) is 0 Å². The summed E-state index contributed by atoms with van der Waals surface area (Å²) in [5.41, 5.74) is 0. The smallest absolute Gasteiger partial charge is 0.00190 e. The molecule has 0 aromatic rings. The molecule has 1 heterocycles. The highest BCUT2D eigenvalue weighted by atomic mass is 15.1. The zero-order valence-corrected chi connectivity index (χ0v) is 12.3. The first-order chi connectivity index (χ1) is 8.08. The second kappa shape index (κ2) is 5.73. The summed E-state index contributed by atoms with van der Waals surface area (Å²) in [5.74, 6) is 4.96. The molecular weight excluding hydrogens is 206 g/mol. The maximum Gasteiger partial charge on any atom is -0.00190 e. The van der Waals surface area contributed by atoms with Crippen LogP contribution in [0.2, 0.25) is 0 Å². The Bertz CT molecular complexity index is 228. The number of nitrogens with zero attached hydrogens (tertiary/aromatic N) is 1. The van der Waals surface area contributed by atoms with Crippen molar-refractivity contribution in [2.24, 2.45) is 29.6 Å². The molecule has 1 aliphatic heterocycles. The molecule has 0 radical (unpaired) electrons. The molecule has 2 rings (SSSR count). The Kier molecular flexibility index (Phi) is 4.52. The topological polar surface area (TPSA) is 3.24 Å². The van der Waals surface area contributed by atoms with Crippen LogP contribution in [0.15, 0.2) is 0 Å². The second-order valence-corrected chi connectivity index (χ2v) is 7.10. The van der Waals surface area contributed by atoms with E-state index in [1.807, 2.05) is 0 Å². The Balaban J connectivity index is 1.86. The first-order valence-corrected chi connectivity index (χ1v) is 7.76. The third kappa shape index (κ3) is 3.24. The van der Waals surface area contributed by atoms with E-state index in [0.29, 0.717) is 0 Å². The quantitative estimate of drug-likeness (QED) is 0.700. The van der Waals surface area contributed by atoms with Gasteiger partial charge in [0.25, 0.3) is 0 Å². The number of hydrogen-bond acceptors (Lipinski definition) is 1. The number of piperidine rings is 1. The van der Waals surface area contributed by atoms with Crippen LogP contribution in [0.25, 0.3) is 0 Å². The van der Waals surface area contributed by atoms with E-state index in [2.05, 4.69) is 32.7 Å². The summed E-state index contributed by atoms with van der Waals surface area (Å²) in [6, 6.07) is 0. The maximum atomic E-state index is 2.53. The van der Waals surface area contributed by atoms with Crippen LogP contribution in [0.5, 0.6) is 0 Å². The van der Waals surface area contributed by atoms with Gasteiger partial charge in [-0.1, -0.05) is 20.8 Å². The average molecular weight is 237 g/mol. The standard InChI is InChI=1S/C16H31N/c1-12(2)15-5-6-16(13(3)11-15)14-7-9-17(4)10-8-14/h12-16H,5-11H2,1-4H3. The van der Waals surface area contributed by atoms with E-state index < -0.39 is 0 Å². The van der Waals surface area contributed by atoms with Crippen LogP contribution in [0.4, 0.5) is 0 Å². The molecule has 17 heavy (non-hydrogen) atoms. The number of rotatable bonds is 2. The zero-order valence-electron chi connectivity index (χ0n) is 12.3. The van der Waals surface area contributed by atoms with Crippen molar-refractivity contribution in [2.75, 3.05) is 20.1 Å². The predicted octanol–water partition coefficient (Wildman–Crippen LogP) is 4.04. The summed E-state index contributed by atoms with van der Waals surface area (Å²) < 4.78 is 0. The lowest BCUT2D eigenvalue weighted by atomic mass is 9.65. The molecular formula is C16H31N. The predicted molar refractivity (Wildman–Crippen MR) is 75.1 cm³/mol. The average Bonchev–Trinajstić information content (AvgIpc) is 2.30. The second-order valence-electron chi connectivity index (χ2n) is 7.10. The minimum Gasteiger partial charge on any atom is -0.306 e.